The van der Waals surface area contributed by atoms with Crippen LogP contribution < -0.4 is 9.64 Å². The number of nitrogens with zero attached hydrogens (tertiary/aromatic N) is 1. The number of hydrogen-bond donors (Lipinski definition) is 2. The Hall–Kier alpha value is -3.19. The maximum Gasteiger partial charge on any atom is 0.269 e. The average Bonchev–Trinajstić information content (AvgIpc) is 3.01. The van der Waals surface area contributed by atoms with E-state index in [9.17, 15) is 20.0 Å². The molecule has 0 radical (unpaired) electrons. The van der Waals surface area contributed by atoms with Crippen LogP contribution in [0.2, 0.25) is 0 Å². The molecule has 2 aliphatic rings. The Labute approximate surface area is 162 Å². The first-order valence-corrected chi connectivity index (χ1v) is 9.40. The summed E-state index contributed by atoms with van der Waals surface area (Å²) in [7, 11) is 0. The van der Waals surface area contributed by atoms with Crippen molar-refractivity contribution in [3.63, 3.8) is 0 Å². The fourth-order valence-electron chi connectivity index (χ4n) is 3.79. The Bertz CT molecular complexity index is 960. The summed E-state index contributed by atoms with van der Waals surface area (Å²) in [4.78, 5) is 24.4. The minimum atomic E-state index is -0.470. The molecule has 0 saturated carbocycles. The van der Waals surface area contributed by atoms with E-state index in [1.807, 2.05) is 0 Å². The number of carbonyl (C=O) groups excluding carboxylic acids is 1. The first-order valence-electron chi connectivity index (χ1n) is 9.40. The topological polar surface area (TPSA) is 94.1 Å². The number of nitrogens with one attached hydrogen (secondary N) is 1. The predicted molar refractivity (Wildman–Crippen MR) is 102 cm³/mol. The van der Waals surface area contributed by atoms with Gasteiger partial charge in [0.2, 0.25) is 5.78 Å². The summed E-state index contributed by atoms with van der Waals surface area (Å²) >= 11 is 0. The first kappa shape index (κ1) is 18.2. The molecule has 0 aliphatic carbocycles. The van der Waals surface area contributed by atoms with Crippen molar-refractivity contribution in [2.45, 2.75) is 25.8 Å². The van der Waals surface area contributed by atoms with E-state index < -0.39 is 4.92 Å². The van der Waals surface area contributed by atoms with Crippen molar-refractivity contribution in [2.75, 3.05) is 13.1 Å². The number of nitro benzene ring substituents is 1. The number of quaternary nitrogens is 1. The summed E-state index contributed by atoms with van der Waals surface area (Å²) in [5.41, 5.74) is 1.72. The molecule has 28 heavy (non-hydrogen) atoms. The van der Waals surface area contributed by atoms with E-state index in [1.54, 1.807) is 30.3 Å². The molecule has 7 heteroatoms. The molecule has 2 heterocycles. The number of aromatic hydroxyl groups is 1. The van der Waals surface area contributed by atoms with E-state index in [0.717, 1.165) is 25.9 Å². The van der Waals surface area contributed by atoms with Gasteiger partial charge in [-0.2, -0.15) is 0 Å². The molecule has 7 nitrogen and oxygen atoms in total. The van der Waals surface area contributed by atoms with Gasteiger partial charge in [0.05, 0.1) is 29.1 Å². The second-order valence-corrected chi connectivity index (χ2v) is 7.22. The molecule has 1 fully saturated rings. The maximum atomic E-state index is 12.7. The third kappa shape index (κ3) is 3.48. The molecule has 2 aromatic carbocycles. The molecule has 2 aliphatic heterocycles. The SMILES string of the molecule is O=C1/C(=C\c2ccc([N+](=O)[O-])cc2)Oc2c1ccc(O)c2C[NH+]1CCCCC1. The Morgan fingerprint density at radius 1 is 1.11 bits per heavy atom. The average molecular weight is 381 g/mol. The molecular weight excluding hydrogens is 360 g/mol. The number of allylic oxidation sites excluding steroid dienone is 1. The second-order valence-electron chi connectivity index (χ2n) is 7.22. The van der Waals surface area contributed by atoms with Crippen molar-refractivity contribution in [3.05, 3.63) is 69.0 Å². The number of carbonyl (C=O) groups is 1. The number of likely N-dealkylation sites (tertiary alicyclic amines) is 1. The zero-order valence-electron chi connectivity index (χ0n) is 15.3. The van der Waals surface area contributed by atoms with E-state index in [-0.39, 0.29) is 23.0 Å². The summed E-state index contributed by atoms with van der Waals surface area (Å²) in [6.07, 6.45) is 5.13. The zero-order chi connectivity index (χ0) is 19.7. The second kappa shape index (κ2) is 7.44. The normalized spacial score (nSPS) is 18.1. The molecule has 2 N–H and O–H groups in total. The highest BCUT2D eigenvalue weighted by Gasteiger charge is 2.32. The molecule has 144 valence electrons. The van der Waals surface area contributed by atoms with E-state index in [4.69, 9.17) is 4.74 Å². The molecule has 1 saturated heterocycles. The molecule has 0 aromatic heterocycles. The third-order valence-electron chi connectivity index (χ3n) is 5.31. The summed E-state index contributed by atoms with van der Waals surface area (Å²) in [5, 5.41) is 21.1. The number of phenolic OH excluding ortho intramolecular Hbond substituents is 1. The maximum absolute atomic E-state index is 12.7. The van der Waals surface area contributed by atoms with Crippen LogP contribution >= 0.6 is 0 Å². The smallest absolute Gasteiger partial charge is 0.269 e. The van der Waals surface area contributed by atoms with Crippen LogP contribution in [0, 0.1) is 10.1 Å². The van der Waals surface area contributed by atoms with Crippen LogP contribution in [0.1, 0.15) is 40.7 Å². The van der Waals surface area contributed by atoms with Crippen molar-refractivity contribution in [2.24, 2.45) is 0 Å². The summed E-state index contributed by atoms with van der Waals surface area (Å²) in [6, 6.07) is 9.04. The number of piperidine rings is 1. The quantitative estimate of drug-likeness (QED) is 0.482. The molecule has 0 atom stereocenters. The van der Waals surface area contributed by atoms with Crippen LogP contribution in [-0.4, -0.2) is 28.9 Å². The molecule has 0 bridgehead atoms. The number of hydrogen-bond acceptors (Lipinski definition) is 5. The van der Waals surface area contributed by atoms with E-state index >= 15 is 0 Å². The van der Waals surface area contributed by atoms with Crippen LogP contribution in [0.4, 0.5) is 5.69 Å². The standard InChI is InChI=1S/C21H20N2O5/c24-18-9-8-16-20(25)19(12-14-4-6-15(7-5-14)23(26)27)28-21(16)17(18)13-22-10-2-1-3-11-22/h4-9,12,24H,1-3,10-11,13H2/p+1/b19-12+. The van der Waals surface area contributed by atoms with Crippen molar-refractivity contribution in [1.82, 2.24) is 0 Å². The number of ketones is 1. The number of Topliss-reactive ketones (excluding diaryl/α,β-unsaturated/α-hetero) is 1. The van der Waals surface area contributed by atoms with Gasteiger partial charge in [0.1, 0.15) is 12.3 Å². The zero-order valence-corrected chi connectivity index (χ0v) is 15.3. The van der Waals surface area contributed by atoms with Gasteiger partial charge in [-0.05, 0) is 55.2 Å². The Kier molecular flexibility index (Phi) is 4.83. The number of benzene rings is 2. The van der Waals surface area contributed by atoms with Crippen LogP contribution in [0.3, 0.4) is 0 Å². The highest BCUT2D eigenvalue weighted by molar-refractivity contribution is 6.15. The van der Waals surface area contributed by atoms with E-state index in [0.29, 0.717) is 29.0 Å². The van der Waals surface area contributed by atoms with Crippen LogP contribution in [0.25, 0.3) is 6.08 Å². The van der Waals surface area contributed by atoms with Crippen molar-refractivity contribution < 1.29 is 24.5 Å². The summed E-state index contributed by atoms with van der Waals surface area (Å²) in [6.45, 7) is 2.71. The lowest BCUT2D eigenvalue weighted by Gasteiger charge is -2.24. The number of nitro groups is 1. The minimum Gasteiger partial charge on any atom is -0.507 e. The Balaban J connectivity index is 1.62. The van der Waals surface area contributed by atoms with E-state index in [1.165, 1.54) is 23.5 Å². The minimum absolute atomic E-state index is 0.0131. The molecule has 0 amide bonds. The lowest BCUT2D eigenvalue weighted by molar-refractivity contribution is -0.918. The number of non-ortho nitro benzene ring substituents is 1. The summed E-state index contributed by atoms with van der Waals surface area (Å²) in [5.74, 6) is 0.477. The molecule has 2 aromatic rings. The van der Waals surface area contributed by atoms with Crippen molar-refractivity contribution >= 4 is 17.5 Å². The molecule has 4 rings (SSSR count). The summed E-state index contributed by atoms with van der Waals surface area (Å²) < 4.78 is 5.86. The first-order chi connectivity index (χ1) is 13.5. The van der Waals surface area contributed by atoms with Gasteiger partial charge in [0, 0.05) is 12.1 Å². The van der Waals surface area contributed by atoms with Gasteiger partial charge in [0.15, 0.2) is 11.5 Å². The number of rotatable bonds is 4. The fraction of sp³-hybridized carbons (Fsp3) is 0.286. The van der Waals surface area contributed by atoms with E-state index in [2.05, 4.69) is 0 Å². The third-order valence-corrected chi connectivity index (χ3v) is 5.31. The van der Waals surface area contributed by atoms with Gasteiger partial charge in [-0.25, -0.2) is 0 Å². The molecule has 0 unspecified atom stereocenters. The molecular formula is C21H21N2O5+. The van der Waals surface area contributed by atoms with Crippen LogP contribution in [-0.2, 0) is 6.54 Å². The lowest BCUT2D eigenvalue weighted by atomic mass is 10.0. The van der Waals surface area contributed by atoms with Gasteiger partial charge >= 0.3 is 0 Å². The predicted octanol–water partition coefficient (Wildman–Crippen LogP) is 2.49. The van der Waals surface area contributed by atoms with Crippen molar-refractivity contribution in [1.29, 1.82) is 0 Å². The Morgan fingerprint density at radius 2 is 1.82 bits per heavy atom. The number of phenols is 1. The largest absolute Gasteiger partial charge is 0.507 e. The molecule has 0 spiro atoms. The van der Waals surface area contributed by atoms with Gasteiger partial charge in [-0.3, -0.25) is 14.9 Å². The highest BCUT2D eigenvalue weighted by Crippen LogP contribution is 2.39. The van der Waals surface area contributed by atoms with Gasteiger partial charge in [-0.1, -0.05) is 0 Å². The van der Waals surface area contributed by atoms with Crippen molar-refractivity contribution in [3.8, 4) is 11.5 Å². The van der Waals surface area contributed by atoms with Crippen LogP contribution in [0.15, 0.2) is 42.2 Å². The van der Waals surface area contributed by atoms with Crippen LogP contribution in [0.5, 0.6) is 11.5 Å². The number of ether oxygens (including phenoxy) is 1. The highest BCUT2D eigenvalue weighted by atomic mass is 16.6. The van der Waals surface area contributed by atoms with Gasteiger partial charge < -0.3 is 14.7 Å². The lowest BCUT2D eigenvalue weighted by Crippen LogP contribution is -3.11. The van der Waals surface area contributed by atoms with Gasteiger partial charge in [0.25, 0.3) is 5.69 Å². The number of fused-ring (bicyclic) bond motifs is 1. The Morgan fingerprint density at radius 3 is 2.50 bits per heavy atom. The van der Waals surface area contributed by atoms with Gasteiger partial charge in [-0.15, -0.1) is 0 Å². The fourth-order valence-corrected chi connectivity index (χ4v) is 3.79. The monoisotopic (exact) mass is 381 g/mol.